The molecule has 1 atom stereocenters. The van der Waals surface area contributed by atoms with Gasteiger partial charge in [0, 0.05) is 13.1 Å². The van der Waals surface area contributed by atoms with E-state index in [9.17, 15) is 0 Å². The molecule has 0 amide bonds. The summed E-state index contributed by atoms with van der Waals surface area (Å²) in [4.78, 5) is 2.20. The van der Waals surface area contributed by atoms with E-state index in [1.54, 1.807) is 0 Å². The summed E-state index contributed by atoms with van der Waals surface area (Å²) in [5, 5.41) is 11.1. The number of nitrogens with one attached hydrogen (secondary N) is 1. The number of aromatic nitrogens is 2. The first kappa shape index (κ1) is 11.4. The normalized spacial score (nSPS) is 20.6. The fourth-order valence-electron chi connectivity index (χ4n) is 2.25. The van der Waals surface area contributed by atoms with E-state index in [4.69, 9.17) is 4.42 Å². The van der Waals surface area contributed by atoms with Crippen molar-refractivity contribution in [3.05, 3.63) is 5.89 Å². The third kappa shape index (κ3) is 2.52. The van der Waals surface area contributed by atoms with Crippen molar-refractivity contribution >= 4 is 6.01 Å². The van der Waals surface area contributed by atoms with Crippen LogP contribution in [0.3, 0.4) is 0 Å². The molecule has 0 radical (unpaired) electrons. The fraction of sp³-hybridized carbons (Fsp3) is 0.818. The Hall–Kier alpha value is -1.10. The summed E-state index contributed by atoms with van der Waals surface area (Å²) in [7, 11) is 1.87. The van der Waals surface area contributed by atoms with Gasteiger partial charge in [0.1, 0.15) is 0 Å². The Kier molecular flexibility index (Phi) is 3.77. The highest BCUT2D eigenvalue weighted by Gasteiger charge is 2.25. The van der Waals surface area contributed by atoms with E-state index in [1.807, 2.05) is 7.05 Å². The van der Waals surface area contributed by atoms with Crippen molar-refractivity contribution in [2.75, 3.05) is 25.0 Å². The van der Waals surface area contributed by atoms with Crippen LogP contribution >= 0.6 is 0 Å². The van der Waals surface area contributed by atoms with E-state index in [0.717, 1.165) is 19.0 Å². The van der Waals surface area contributed by atoms with Crippen LogP contribution in [0, 0.1) is 5.92 Å². The molecule has 1 unspecified atom stereocenters. The molecule has 1 aromatic rings. The van der Waals surface area contributed by atoms with Gasteiger partial charge in [-0.15, -0.1) is 5.10 Å². The molecular formula is C11H20N4O. The highest BCUT2D eigenvalue weighted by atomic mass is 16.4. The molecule has 1 aliphatic rings. The summed E-state index contributed by atoms with van der Waals surface area (Å²) >= 11 is 0. The zero-order valence-electron chi connectivity index (χ0n) is 10.1. The predicted octanol–water partition coefficient (Wildman–Crippen LogP) is 1.42. The molecule has 1 aliphatic heterocycles. The lowest BCUT2D eigenvalue weighted by Gasteiger charge is -2.12. The van der Waals surface area contributed by atoms with Gasteiger partial charge in [-0.2, -0.15) is 0 Å². The molecule has 0 aromatic carbocycles. The van der Waals surface area contributed by atoms with Crippen molar-refractivity contribution in [2.45, 2.75) is 32.7 Å². The highest BCUT2D eigenvalue weighted by molar-refractivity contribution is 5.26. The SMILES string of the molecule is CCCC1CCN(c2nnc(CNC)o2)C1. The van der Waals surface area contributed by atoms with Crippen LogP contribution < -0.4 is 10.2 Å². The van der Waals surface area contributed by atoms with Crippen molar-refractivity contribution in [2.24, 2.45) is 5.92 Å². The average Bonchev–Trinajstić information content (AvgIpc) is 2.87. The van der Waals surface area contributed by atoms with Gasteiger partial charge in [0.25, 0.3) is 0 Å². The zero-order valence-corrected chi connectivity index (χ0v) is 10.1. The van der Waals surface area contributed by atoms with Gasteiger partial charge in [0.2, 0.25) is 5.89 Å². The van der Waals surface area contributed by atoms with Crippen LogP contribution in [0.1, 0.15) is 32.1 Å². The number of nitrogens with zero attached hydrogens (tertiary/aromatic N) is 3. The van der Waals surface area contributed by atoms with Gasteiger partial charge < -0.3 is 14.6 Å². The lowest BCUT2D eigenvalue weighted by Crippen LogP contribution is -2.19. The minimum absolute atomic E-state index is 0.638. The Morgan fingerprint density at radius 1 is 1.50 bits per heavy atom. The molecule has 5 nitrogen and oxygen atoms in total. The molecule has 5 heteroatoms. The molecule has 0 spiro atoms. The lowest BCUT2D eigenvalue weighted by molar-refractivity contribution is 0.472. The van der Waals surface area contributed by atoms with Crippen LogP contribution in [-0.4, -0.2) is 30.3 Å². The topological polar surface area (TPSA) is 54.2 Å². The second-order valence-corrected chi connectivity index (χ2v) is 4.40. The summed E-state index contributed by atoms with van der Waals surface area (Å²) < 4.78 is 5.58. The minimum Gasteiger partial charge on any atom is -0.407 e. The zero-order chi connectivity index (χ0) is 11.4. The Morgan fingerprint density at radius 3 is 3.12 bits per heavy atom. The second-order valence-electron chi connectivity index (χ2n) is 4.40. The molecule has 1 fully saturated rings. The molecule has 90 valence electrons. The van der Waals surface area contributed by atoms with Crippen LogP contribution in [0.2, 0.25) is 0 Å². The van der Waals surface area contributed by atoms with Gasteiger partial charge in [0.15, 0.2) is 0 Å². The summed E-state index contributed by atoms with van der Waals surface area (Å²) in [5.74, 6) is 1.46. The Balaban J connectivity index is 1.92. The summed E-state index contributed by atoms with van der Waals surface area (Å²) in [6, 6.07) is 0.684. The largest absolute Gasteiger partial charge is 0.407 e. The highest BCUT2D eigenvalue weighted by Crippen LogP contribution is 2.25. The third-order valence-electron chi connectivity index (χ3n) is 3.04. The molecule has 1 saturated heterocycles. The third-order valence-corrected chi connectivity index (χ3v) is 3.04. The first-order chi connectivity index (χ1) is 7.83. The van der Waals surface area contributed by atoms with E-state index in [0.29, 0.717) is 18.5 Å². The predicted molar refractivity (Wildman–Crippen MR) is 62.3 cm³/mol. The monoisotopic (exact) mass is 224 g/mol. The first-order valence-electron chi connectivity index (χ1n) is 6.05. The Labute approximate surface area is 96.2 Å². The number of hydrogen-bond acceptors (Lipinski definition) is 5. The number of anilines is 1. The van der Waals surface area contributed by atoms with E-state index in [-0.39, 0.29) is 0 Å². The van der Waals surface area contributed by atoms with Gasteiger partial charge in [0.05, 0.1) is 6.54 Å². The minimum atomic E-state index is 0.638. The van der Waals surface area contributed by atoms with Crippen LogP contribution in [0.15, 0.2) is 4.42 Å². The van der Waals surface area contributed by atoms with Crippen molar-refractivity contribution in [1.29, 1.82) is 0 Å². The molecule has 1 N–H and O–H groups in total. The van der Waals surface area contributed by atoms with Crippen molar-refractivity contribution < 1.29 is 4.42 Å². The summed E-state index contributed by atoms with van der Waals surface area (Å²) in [6.07, 6.45) is 3.80. The Bertz CT molecular complexity index is 326. The van der Waals surface area contributed by atoms with E-state index in [1.165, 1.54) is 19.3 Å². The fourth-order valence-corrected chi connectivity index (χ4v) is 2.25. The number of rotatable bonds is 5. The van der Waals surface area contributed by atoms with Crippen molar-refractivity contribution in [3.8, 4) is 0 Å². The standard InChI is InChI=1S/C11H20N4O/c1-3-4-9-5-6-15(8-9)11-14-13-10(16-11)7-12-2/h9,12H,3-8H2,1-2H3. The molecule has 2 heterocycles. The van der Waals surface area contributed by atoms with E-state index >= 15 is 0 Å². The molecule has 0 saturated carbocycles. The lowest BCUT2D eigenvalue weighted by atomic mass is 10.0. The summed E-state index contributed by atoms with van der Waals surface area (Å²) in [6.45, 7) is 4.99. The van der Waals surface area contributed by atoms with Crippen LogP contribution in [0.4, 0.5) is 6.01 Å². The summed E-state index contributed by atoms with van der Waals surface area (Å²) in [5.41, 5.74) is 0. The van der Waals surface area contributed by atoms with Gasteiger partial charge in [-0.05, 0) is 25.8 Å². The molecule has 1 aromatic heterocycles. The molecule has 0 aliphatic carbocycles. The second kappa shape index (κ2) is 5.30. The maximum Gasteiger partial charge on any atom is 0.318 e. The van der Waals surface area contributed by atoms with Crippen LogP contribution in [0.5, 0.6) is 0 Å². The van der Waals surface area contributed by atoms with Crippen LogP contribution in [-0.2, 0) is 6.54 Å². The average molecular weight is 224 g/mol. The van der Waals surface area contributed by atoms with Gasteiger partial charge in [-0.1, -0.05) is 18.4 Å². The van der Waals surface area contributed by atoms with Crippen molar-refractivity contribution in [1.82, 2.24) is 15.5 Å². The molecular weight excluding hydrogens is 204 g/mol. The first-order valence-corrected chi connectivity index (χ1v) is 6.05. The molecule has 16 heavy (non-hydrogen) atoms. The molecule has 0 bridgehead atoms. The van der Waals surface area contributed by atoms with Crippen molar-refractivity contribution in [3.63, 3.8) is 0 Å². The van der Waals surface area contributed by atoms with Gasteiger partial charge in [-0.25, -0.2) is 0 Å². The smallest absolute Gasteiger partial charge is 0.318 e. The van der Waals surface area contributed by atoms with Crippen LogP contribution in [0.25, 0.3) is 0 Å². The molecule has 2 rings (SSSR count). The van der Waals surface area contributed by atoms with Gasteiger partial charge in [-0.3, -0.25) is 0 Å². The van der Waals surface area contributed by atoms with E-state index in [2.05, 4.69) is 27.3 Å². The number of hydrogen-bond donors (Lipinski definition) is 1. The Morgan fingerprint density at radius 2 is 2.38 bits per heavy atom. The quantitative estimate of drug-likeness (QED) is 0.819. The maximum atomic E-state index is 5.58. The maximum absolute atomic E-state index is 5.58. The van der Waals surface area contributed by atoms with Gasteiger partial charge >= 0.3 is 6.01 Å². The van der Waals surface area contributed by atoms with E-state index < -0.39 is 0 Å².